The molecule has 0 amide bonds. The Balaban J connectivity index is 1.28. The Bertz CT molecular complexity index is 2860. The minimum absolute atomic E-state index is 0.0344. The van der Waals surface area contributed by atoms with Crippen LogP contribution in [0.2, 0.25) is 0 Å². The van der Waals surface area contributed by atoms with Crippen molar-refractivity contribution in [3.05, 3.63) is 178 Å². The molecule has 0 radical (unpaired) electrons. The summed E-state index contributed by atoms with van der Waals surface area (Å²) in [4.78, 5) is 24.4. The third kappa shape index (κ3) is 5.26. The number of nitrogens with two attached hydrogens (primary N) is 1. The van der Waals surface area contributed by atoms with E-state index < -0.39 is 0 Å². The van der Waals surface area contributed by atoms with E-state index in [0.717, 1.165) is 87.7 Å². The lowest BCUT2D eigenvalue weighted by Crippen LogP contribution is -2.10. The zero-order valence-corrected chi connectivity index (χ0v) is 27.6. The van der Waals surface area contributed by atoms with E-state index in [1.54, 1.807) is 24.3 Å². The first kappa shape index (κ1) is 30.7. The molecule has 9 aromatic carbocycles. The van der Waals surface area contributed by atoms with Crippen molar-refractivity contribution in [2.24, 2.45) is 0 Å². The number of rotatable bonds is 6. The fraction of sp³-hybridized carbons (Fsp3) is 0. The van der Waals surface area contributed by atoms with Gasteiger partial charge in [0.25, 0.3) is 11.4 Å². The van der Waals surface area contributed by atoms with Gasteiger partial charge in [-0.25, -0.2) is 0 Å². The molecule has 0 spiro atoms. The van der Waals surface area contributed by atoms with Crippen molar-refractivity contribution in [1.82, 2.24) is 0 Å². The topological polar surface area (TPSA) is 116 Å². The maximum absolute atomic E-state index is 11.5. The van der Waals surface area contributed by atoms with Crippen molar-refractivity contribution in [3.8, 4) is 11.1 Å². The van der Waals surface area contributed by atoms with E-state index >= 15 is 0 Å². The number of benzene rings is 9. The molecule has 0 bridgehead atoms. The van der Waals surface area contributed by atoms with Crippen LogP contribution in [0.25, 0.3) is 65.0 Å². The van der Waals surface area contributed by atoms with Gasteiger partial charge in [0.1, 0.15) is 0 Å². The molecule has 248 valence electrons. The van der Waals surface area contributed by atoms with Gasteiger partial charge < -0.3 is 10.6 Å². The highest BCUT2D eigenvalue weighted by molar-refractivity contribution is 6.15. The molecule has 0 fully saturated rings. The number of nitrogen functional groups attached to an aromatic ring is 1. The van der Waals surface area contributed by atoms with E-state index in [2.05, 4.69) is 71.6 Å². The molecular formula is C44H28N4O4. The number of non-ortho nitro benzene ring substituents is 2. The SMILES string of the molecule is Nc1ccc2cc(-c3cc4ccccc4c4ccc(N(c5ccc6cc([N+](=O)[O-])ccc6c5)c5ccc6cc([N+](=O)[O-])ccc6c5)cc34)ccc2c1. The molecule has 0 saturated carbocycles. The van der Waals surface area contributed by atoms with Gasteiger partial charge in [-0.3, -0.25) is 20.2 Å². The predicted octanol–water partition coefficient (Wildman–Crippen LogP) is 12.0. The van der Waals surface area contributed by atoms with Crippen LogP contribution >= 0.6 is 0 Å². The minimum atomic E-state index is -0.388. The fourth-order valence-corrected chi connectivity index (χ4v) is 7.29. The molecule has 9 rings (SSSR count). The minimum Gasteiger partial charge on any atom is -0.399 e. The Labute approximate surface area is 296 Å². The molecule has 0 aliphatic carbocycles. The molecule has 8 heteroatoms. The van der Waals surface area contributed by atoms with E-state index in [1.165, 1.54) is 12.1 Å². The fourth-order valence-electron chi connectivity index (χ4n) is 7.29. The number of fused-ring (bicyclic) bond motifs is 6. The smallest absolute Gasteiger partial charge is 0.270 e. The Kier molecular flexibility index (Phi) is 7.05. The van der Waals surface area contributed by atoms with Crippen LogP contribution in [0.1, 0.15) is 0 Å². The van der Waals surface area contributed by atoms with Crippen LogP contribution in [-0.4, -0.2) is 9.85 Å². The lowest BCUT2D eigenvalue weighted by atomic mass is 9.91. The zero-order chi connectivity index (χ0) is 35.5. The first-order valence-corrected chi connectivity index (χ1v) is 16.7. The number of nitrogens with zero attached hydrogens (tertiary/aromatic N) is 3. The summed E-state index contributed by atoms with van der Waals surface area (Å²) in [5, 5.41) is 32.9. The summed E-state index contributed by atoms with van der Waals surface area (Å²) >= 11 is 0. The van der Waals surface area contributed by atoms with Gasteiger partial charge in [-0.1, -0.05) is 60.7 Å². The van der Waals surface area contributed by atoms with Gasteiger partial charge in [0.05, 0.1) is 9.85 Å². The second kappa shape index (κ2) is 11.9. The van der Waals surface area contributed by atoms with E-state index in [4.69, 9.17) is 5.73 Å². The summed E-state index contributed by atoms with van der Waals surface area (Å²) in [5.74, 6) is 0. The summed E-state index contributed by atoms with van der Waals surface area (Å²) in [6.45, 7) is 0. The van der Waals surface area contributed by atoms with E-state index in [9.17, 15) is 20.2 Å². The summed E-state index contributed by atoms with van der Waals surface area (Å²) in [6.07, 6.45) is 0. The largest absolute Gasteiger partial charge is 0.399 e. The van der Waals surface area contributed by atoms with Gasteiger partial charge >= 0.3 is 0 Å². The van der Waals surface area contributed by atoms with Gasteiger partial charge in [0.15, 0.2) is 0 Å². The van der Waals surface area contributed by atoms with Crippen molar-refractivity contribution in [3.63, 3.8) is 0 Å². The standard InChI is InChI=1S/C44H28N4O4/c45-35-12-7-27-19-34(6-5-28(27)20-35)43-25-33-3-1-2-4-41(33)42-18-17-38(26-44(42)43)46(36-13-8-31-23-39(47(49)50)15-10-29(31)21-36)37-14-9-32-24-40(48(51)52)16-11-30(32)22-37/h1-26H,45H2. The summed E-state index contributed by atoms with van der Waals surface area (Å²) in [5.41, 5.74) is 11.7. The van der Waals surface area contributed by atoms with Crippen molar-refractivity contribution in [1.29, 1.82) is 0 Å². The van der Waals surface area contributed by atoms with Gasteiger partial charge in [-0.2, -0.15) is 0 Å². The second-order valence-electron chi connectivity index (χ2n) is 13.0. The normalized spacial score (nSPS) is 11.5. The molecule has 8 nitrogen and oxygen atoms in total. The Hall–Kier alpha value is -7.32. The van der Waals surface area contributed by atoms with Gasteiger partial charge in [0.2, 0.25) is 0 Å². The number of nitro benzene ring substituents is 2. The zero-order valence-electron chi connectivity index (χ0n) is 27.6. The van der Waals surface area contributed by atoms with Crippen molar-refractivity contribution in [2.45, 2.75) is 0 Å². The van der Waals surface area contributed by atoms with Crippen LogP contribution in [0.5, 0.6) is 0 Å². The Morgan fingerprint density at radius 3 is 1.62 bits per heavy atom. The quantitative estimate of drug-likeness (QED) is 0.0811. The van der Waals surface area contributed by atoms with Gasteiger partial charge in [-0.05, 0) is 138 Å². The predicted molar refractivity (Wildman–Crippen MR) is 212 cm³/mol. The molecule has 0 aliphatic heterocycles. The lowest BCUT2D eigenvalue weighted by molar-refractivity contribution is -0.384. The first-order valence-electron chi connectivity index (χ1n) is 16.7. The molecule has 0 unspecified atom stereocenters. The van der Waals surface area contributed by atoms with Gasteiger partial charge in [0, 0.05) is 47.0 Å². The number of nitro groups is 2. The summed E-state index contributed by atoms with van der Waals surface area (Å²) in [7, 11) is 0. The number of anilines is 4. The van der Waals surface area contributed by atoms with Crippen LogP contribution in [0.3, 0.4) is 0 Å². The molecule has 2 N–H and O–H groups in total. The molecule has 0 saturated heterocycles. The maximum Gasteiger partial charge on any atom is 0.270 e. The van der Waals surface area contributed by atoms with Crippen LogP contribution < -0.4 is 10.6 Å². The average Bonchev–Trinajstić information content (AvgIpc) is 3.16. The lowest BCUT2D eigenvalue weighted by Gasteiger charge is -2.27. The van der Waals surface area contributed by atoms with E-state index in [-0.39, 0.29) is 21.2 Å². The number of hydrogen-bond acceptors (Lipinski definition) is 6. The van der Waals surface area contributed by atoms with Crippen LogP contribution in [0.15, 0.2) is 158 Å². The highest BCUT2D eigenvalue weighted by atomic mass is 16.6. The molecule has 9 aromatic rings. The van der Waals surface area contributed by atoms with E-state index in [1.807, 2.05) is 54.6 Å². The van der Waals surface area contributed by atoms with Crippen molar-refractivity contribution >= 4 is 88.0 Å². The molecule has 52 heavy (non-hydrogen) atoms. The molecule has 0 aliphatic rings. The molecule has 0 heterocycles. The summed E-state index contributed by atoms with van der Waals surface area (Å²) in [6, 6.07) is 51.1. The van der Waals surface area contributed by atoms with Crippen molar-refractivity contribution < 1.29 is 9.85 Å². The van der Waals surface area contributed by atoms with Crippen LogP contribution in [-0.2, 0) is 0 Å². The number of hydrogen-bond donors (Lipinski definition) is 1. The van der Waals surface area contributed by atoms with Crippen LogP contribution in [0, 0.1) is 20.2 Å². The van der Waals surface area contributed by atoms with E-state index in [0.29, 0.717) is 0 Å². The molecule has 0 aromatic heterocycles. The van der Waals surface area contributed by atoms with Crippen LogP contribution in [0.4, 0.5) is 34.1 Å². The second-order valence-corrected chi connectivity index (χ2v) is 13.0. The Morgan fingerprint density at radius 2 is 0.942 bits per heavy atom. The maximum atomic E-state index is 11.5. The third-order valence-corrected chi connectivity index (χ3v) is 9.83. The highest BCUT2D eigenvalue weighted by Gasteiger charge is 2.18. The average molecular weight is 677 g/mol. The monoisotopic (exact) mass is 676 g/mol. The molecule has 0 atom stereocenters. The first-order chi connectivity index (χ1) is 25.3. The molecular weight excluding hydrogens is 649 g/mol. The van der Waals surface area contributed by atoms with Gasteiger partial charge in [-0.15, -0.1) is 0 Å². The van der Waals surface area contributed by atoms with Crippen molar-refractivity contribution in [2.75, 3.05) is 10.6 Å². The summed E-state index contributed by atoms with van der Waals surface area (Å²) < 4.78 is 0. The third-order valence-electron chi connectivity index (χ3n) is 9.83. The Morgan fingerprint density at radius 1 is 0.423 bits per heavy atom. The highest BCUT2D eigenvalue weighted by Crippen LogP contribution is 2.43.